The number of benzene rings is 1. The zero-order valence-corrected chi connectivity index (χ0v) is 10.8. The van der Waals surface area contributed by atoms with Crippen molar-refractivity contribution < 1.29 is 8.42 Å². The Bertz CT molecular complexity index is 509. The van der Waals surface area contributed by atoms with Gasteiger partial charge in [0, 0.05) is 12.1 Å². The third-order valence-corrected chi connectivity index (χ3v) is 4.41. The topological polar surface area (TPSA) is 37.4 Å². The fourth-order valence-corrected chi connectivity index (χ4v) is 2.39. The van der Waals surface area contributed by atoms with E-state index in [1.165, 1.54) is 10.6 Å². The van der Waals surface area contributed by atoms with Gasteiger partial charge in [-0.2, -0.15) is 0 Å². The van der Waals surface area contributed by atoms with Crippen LogP contribution >= 0.6 is 11.6 Å². The molecule has 1 aromatic rings. The molecule has 0 bridgehead atoms. The van der Waals surface area contributed by atoms with Crippen molar-refractivity contribution in [2.24, 2.45) is 0 Å². The zero-order valence-electron chi connectivity index (χ0n) is 9.27. The van der Waals surface area contributed by atoms with E-state index in [0.29, 0.717) is 11.6 Å². The maximum atomic E-state index is 11.4. The maximum absolute atomic E-state index is 11.4. The maximum Gasteiger partial charge on any atom is 0.231 e. The molecule has 0 amide bonds. The van der Waals surface area contributed by atoms with Gasteiger partial charge in [-0.1, -0.05) is 11.6 Å². The summed E-state index contributed by atoms with van der Waals surface area (Å²) in [4.78, 5) is 0. The smallest absolute Gasteiger partial charge is 0.231 e. The van der Waals surface area contributed by atoms with E-state index in [2.05, 4.69) is 0 Å². The van der Waals surface area contributed by atoms with Gasteiger partial charge in [0.05, 0.1) is 11.9 Å². The Morgan fingerprint density at radius 1 is 1.38 bits per heavy atom. The molecule has 1 aliphatic rings. The van der Waals surface area contributed by atoms with Gasteiger partial charge in [0.15, 0.2) is 0 Å². The monoisotopic (exact) mass is 259 g/mol. The summed E-state index contributed by atoms with van der Waals surface area (Å²) < 4.78 is 24.1. The molecule has 1 aromatic carbocycles. The first-order valence-corrected chi connectivity index (χ1v) is 7.35. The molecule has 2 rings (SSSR count). The molecule has 1 fully saturated rings. The Morgan fingerprint density at radius 2 is 2.00 bits per heavy atom. The lowest BCUT2D eigenvalue weighted by Crippen LogP contribution is -2.24. The number of hydrogen-bond acceptors (Lipinski definition) is 2. The molecule has 0 unspecified atom stereocenters. The van der Waals surface area contributed by atoms with E-state index in [1.54, 1.807) is 19.2 Å². The van der Waals surface area contributed by atoms with Crippen LogP contribution in [0.25, 0.3) is 0 Å². The molecule has 0 heterocycles. The van der Waals surface area contributed by atoms with Crippen LogP contribution in [0.1, 0.15) is 24.3 Å². The highest BCUT2D eigenvalue weighted by atomic mass is 35.5. The van der Waals surface area contributed by atoms with E-state index in [4.69, 9.17) is 11.6 Å². The summed E-state index contributed by atoms with van der Waals surface area (Å²) in [7, 11) is -1.65. The number of halogens is 1. The fourth-order valence-electron chi connectivity index (χ4n) is 1.63. The van der Waals surface area contributed by atoms with E-state index < -0.39 is 10.0 Å². The second-order valence-electron chi connectivity index (χ2n) is 4.21. The minimum absolute atomic E-state index is 0.514. The van der Waals surface area contributed by atoms with Crippen LogP contribution in [0, 0.1) is 0 Å². The van der Waals surface area contributed by atoms with Gasteiger partial charge in [-0.3, -0.25) is 4.31 Å². The minimum Gasteiger partial charge on any atom is -0.274 e. The van der Waals surface area contributed by atoms with Crippen molar-refractivity contribution in [2.45, 2.75) is 18.8 Å². The molecule has 0 aromatic heterocycles. The molecule has 1 aliphatic carbocycles. The number of rotatable bonds is 3. The standard InChI is InChI=1S/C11H14ClNO2S/c1-13(16(2,14)15)9-5-6-11(12)10(7-9)8-3-4-8/h5-8H,3-4H2,1-2H3. The highest BCUT2D eigenvalue weighted by Crippen LogP contribution is 2.44. The Hall–Kier alpha value is -0.740. The van der Waals surface area contributed by atoms with Gasteiger partial charge in [-0.15, -0.1) is 0 Å². The van der Waals surface area contributed by atoms with Gasteiger partial charge in [0.25, 0.3) is 0 Å². The Kier molecular flexibility index (Phi) is 2.88. The summed E-state index contributed by atoms with van der Waals surface area (Å²) in [6.45, 7) is 0. The molecule has 0 N–H and O–H groups in total. The summed E-state index contributed by atoms with van der Waals surface area (Å²) in [6, 6.07) is 5.38. The van der Waals surface area contributed by atoms with Crippen molar-refractivity contribution in [3.63, 3.8) is 0 Å². The number of anilines is 1. The zero-order chi connectivity index (χ0) is 11.9. The normalized spacial score (nSPS) is 16.2. The lowest BCUT2D eigenvalue weighted by atomic mass is 10.1. The number of hydrogen-bond donors (Lipinski definition) is 0. The third-order valence-electron chi connectivity index (χ3n) is 2.86. The van der Waals surface area contributed by atoms with E-state index in [0.717, 1.165) is 23.4 Å². The summed E-state index contributed by atoms with van der Waals surface area (Å²) >= 11 is 6.08. The van der Waals surface area contributed by atoms with Gasteiger partial charge < -0.3 is 0 Å². The third kappa shape index (κ3) is 2.33. The summed E-state index contributed by atoms with van der Waals surface area (Å²) in [6.07, 6.45) is 3.48. The van der Waals surface area contributed by atoms with Crippen molar-refractivity contribution in [2.75, 3.05) is 17.6 Å². The number of nitrogens with zero attached hydrogens (tertiary/aromatic N) is 1. The van der Waals surface area contributed by atoms with Crippen LogP contribution in [-0.2, 0) is 10.0 Å². The average Bonchev–Trinajstić information content (AvgIpc) is 2.99. The van der Waals surface area contributed by atoms with E-state index in [1.807, 2.05) is 6.07 Å². The molecule has 0 spiro atoms. The van der Waals surface area contributed by atoms with Crippen LogP contribution in [0.3, 0.4) is 0 Å². The van der Waals surface area contributed by atoms with E-state index >= 15 is 0 Å². The highest BCUT2D eigenvalue weighted by molar-refractivity contribution is 7.92. The Morgan fingerprint density at radius 3 is 2.50 bits per heavy atom. The summed E-state index contributed by atoms with van der Waals surface area (Å²) in [5, 5.41) is 0.730. The molecule has 0 atom stereocenters. The first-order valence-electron chi connectivity index (χ1n) is 5.13. The van der Waals surface area contributed by atoms with Crippen molar-refractivity contribution in [1.82, 2.24) is 0 Å². The largest absolute Gasteiger partial charge is 0.274 e. The van der Waals surface area contributed by atoms with Crippen molar-refractivity contribution >= 4 is 27.3 Å². The average molecular weight is 260 g/mol. The molecule has 0 aliphatic heterocycles. The van der Waals surface area contributed by atoms with E-state index in [-0.39, 0.29) is 0 Å². The second kappa shape index (κ2) is 3.93. The van der Waals surface area contributed by atoms with E-state index in [9.17, 15) is 8.42 Å². The highest BCUT2D eigenvalue weighted by Gasteiger charge is 2.26. The first-order chi connectivity index (χ1) is 7.39. The minimum atomic E-state index is -3.20. The van der Waals surface area contributed by atoms with Gasteiger partial charge in [0.1, 0.15) is 0 Å². The van der Waals surface area contributed by atoms with Crippen molar-refractivity contribution in [3.8, 4) is 0 Å². The number of sulfonamides is 1. The van der Waals surface area contributed by atoms with Gasteiger partial charge in [-0.25, -0.2) is 8.42 Å². The SMILES string of the molecule is CN(c1ccc(Cl)c(C2CC2)c1)S(C)(=O)=O. The Labute approximate surface area is 101 Å². The van der Waals surface area contributed by atoms with Gasteiger partial charge in [0.2, 0.25) is 10.0 Å². The Balaban J connectivity index is 2.39. The van der Waals surface area contributed by atoms with Crippen molar-refractivity contribution in [1.29, 1.82) is 0 Å². The van der Waals surface area contributed by atoms with Crippen LogP contribution in [0.2, 0.25) is 5.02 Å². The fraction of sp³-hybridized carbons (Fsp3) is 0.455. The lowest BCUT2D eigenvalue weighted by Gasteiger charge is -2.17. The van der Waals surface area contributed by atoms with Gasteiger partial charge in [-0.05, 0) is 42.5 Å². The molecule has 0 radical (unpaired) electrons. The first kappa shape index (κ1) is 11.7. The molecule has 1 saturated carbocycles. The summed E-state index contributed by atoms with van der Waals surface area (Å²) in [5.41, 5.74) is 1.74. The van der Waals surface area contributed by atoms with Crippen LogP contribution < -0.4 is 4.31 Å². The van der Waals surface area contributed by atoms with Crippen molar-refractivity contribution in [3.05, 3.63) is 28.8 Å². The second-order valence-corrected chi connectivity index (χ2v) is 6.63. The lowest BCUT2D eigenvalue weighted by molar-refractivity contribution is 0.600. The van der Waals surface area contributed by atoms with Crippen LogP contribution in [0.15, 0.2) is 18.2 Å². The quantitative estimate of drug-likeness (QED) is 0.837. The molecular formula is C11H14ClNO2S. The predicted octanol–water partition coefficient (Wildman–Crippen LogP) is 2.61. The molecule has 3 nitrogen and oxygen atoms in total. The molecule has 88 valence electrons. The van der Waals surface area contributed by atoms with Crippen LogP contribution in [0.4, 0.5) is 5.69 Å². The van der Waals surface area contributed by atoms with Crippen LogP contribution in [-0.4, -0.2) is 21.7 Å². The molecule has 16 heavy (non-hydrogen) atoms. The molecule has 0 saturated heterocycles. The molecular weight excluding hydrogens is 246 g/mol. The van der Waals surface area contributed by atoms with Gasteiger partial charge >= 0.3 is 0 Å². The predicted molar refractivity (Wildman–Crippen MR) is 66.7 cm³/mol. The molecule has 5 heteroatoms. The van der Waals surface area contributed by atoms with Crippen LogP contribution in [0.5, 0.6) is 0 Å². The summed E-state index contributed by atoms with van der Waals surface area (Å²) in [5.74, 6) is 0.514.